The van der Waals surface area contributed by atoms with Crippen molar-refractivity contribution in [2.75, 3.05) is 0 Å². The summed E-state index contributed by atoms with van der Waals surface area (Å²) >= 11 is 6.92. The summed E-state index contributed by atoms with van der Waals surface area (Å²) in [7, 11) is -1.52. The third-order valence-electron chi connectivity index (χ3n) is 9.06. The molecule has 4 heteroatoms. The number of halogens is 1. The van der Waals surface area contributed by atoms with Gasteiger partial charge in [0, 0.05) is 16.0 Å². The van der Waals surface area contributed by atoms with E-state index < -0.39 is 7.12 Å². The summed E-state index contributed by atoms with van der Waals surface area (Å²) in [6.45, 7) is 4.77. The van der Waals surface area contributed by atoms with E-state index in [0.29, 0.717) is 22.3 Å². The highest BCUT2D eigenvalue weighted by Crippen LogP contribution is 2.66. The van der Waals surface area contributed by atoms with E-state index in [-0.39, 0.29) is 5.41 Å². The molecule has 5 atom stereocenters. The van der Waals surface area contributed by atoms with Crippen LogP contribution in [0.3, 0.4) is 0 Å². The second kappa shape index (κ2) is 7.35. The van der Waals surface area contributed by atoms with Crippen molar-refractivity contribution in [3.8, 4) is 11.1 Å². The minimum absolute atomic E-state index is 0.135. The van der Waals surface area contributed by atoms with Gasteiger partial charge in [-0.3, -0.25) is 0 Å². The van der Waals surface area contributed by atoms with E-state index in [0.717, 1.165) is 17.4 Å². The Bertz CT molecular complexity index is 1220. The monoisotopic (exact) mass is 444 g/mol. The van der Waals surface area contributed by atoms with E-state index in [1.807, 2.05) is 0 Å². The van der Waals surface area contributed by atoms with Gasteiger partial charge in [-0.2, -0.15) is 0 Å². The largest absolute Gasteiger partial charge is 0.488 e. The van der Waals surface area contributed by atoms with Crippen molar-refractivity contribution in [3.05, 3.63) is 64.7 Å². The predicted octanol–water partition coefficient (Wildman–Crippen LogP) is 5.92. The van der Waals surface area contributed by atoms with Gasteiger partial charge in [-0.15, -0.1) is 0 Å². The fourth-order valence-electron chi connectivity index (χ4n) is 7.92. The van der Waals surface area contributed by atoms with Crippen LogP contribution >= 0.6 is 11.6 Å². The van der Waals surface area contributed by atoms with E-state index in [9.17, 15) is 10.0 Å². The molecule has 5 unspecified atom stereocenters. The van der Waals surface area contributed by atoms with Crippen LogP contribution in [0.2, 0.25) is 5.02 Å². The zero-order valence-corrected chi connectivity index (χ0v) is 19.6. The molecule has 164 valence electrons. The van der Waals surface area contributed by atoms with Gasteiger partial charge in [-0.05, 0) is 88.3 Å². The van der Waals surface area contributed by atoms with Crippen LogP contribution < -0.4 is 5.46 Å². The first-order valence-electron chi connectivity index (χ1n) is 12.2. The topological polar surface area (TPSA) is 40.5 Å². The second-order valence-corrected chi connectivity index (χ2v) is 11.0. The highest BCUT2D eigenvalue weighted by atomic mass is 35.5. The molecule has 0 amide bonds. The Morgan fingerprint density at radius 3 is 2.62 bits per heavy atom. The van der Waals surface area contributed by atoms with Crippen molar-refractivity contribution in [3.63, 3.8) is 0 Å². The van der Waals surface area contributed by atoms with Crippen molar-refractivity contribution >= 4 is 35.0 Å². The van der Waals surface area contributed by atoms with Gasteiger partial charge < -0.3 is 10.0 Å². The smallest absolute Gasteiger partial charge is 0.423 e. The third kappa shape index (κ3) is 2.68. The Labute approximate surface area is 195 Å². The van der Waals surface area contributed by atoms with Crippen molar-refractivity contribution in [1.82, 2.24) is 0 Å². The SMILES string of the molecule is CCC1CC2CC(C)C3(c4cc(B(O)O)cc(Cl)c4-c4ccc5ccccc5c43)C(C1)C2. The summed E-state index contributed by atoms with van der Waals surface area (Å²) < 4.78 is 0. The lowest BCUT2D eigenvalue weighted by molar-refractivity contribution is 0.0375. The standard InChI is InChI=1S/C28H30BClO2/c1-3-17-11-18-10-16(2)28(20(12-17)13-18)24-14-21(29(31)32)15-25(30)26(24)23-9-8-19-6-4-5-7-22(19)27(23)28/h4-9,14-18,20,31-32H,3,10-13H2,1-2H3. The number of hydrogen-bond donors (Lipinski definition) is 2. The fourth-order valence-corrected chi connectivity index (χ4v) is 8.25. The molecule has 2 N–H and O–H groups in total. The lowest BCUT2D eigenvalue weighted by Gasteiger charge is -2.55. The quantitative estimate of drug-likeness (QED) is 0.481. The lowest BCUT2D eigenvalue weighted by Crippen LogP contribution is -2.50. The first-order chi connectivity index (χ1) is 15.4. The molecular formula is C28H30BClO2. The molecule has 2 saturated carbocycles. The molecule has 2 bridgehead atoms. The van der Waals surface area contributed by atoms with Crippen molar-refractivity contribution in [2.45, 2.75) is 51.4 Å². The summed E-state index contributed by atoms with van der Waals surface area (Å²) in [5.41, 5.74) is 5.39. The molecule has 2 fully saturated rings. The Kier molecular flexibility index (Phi) is 4.77. The maximum Gasteiger partial charge on any atom is 0.488 e. The van der Waals surface area contributed by atoms with Crippen LogP contribution in [-0.2, 0) is 5.41 Å². The van der Waals surface area contributed by atoms with Crippen LogP contribution in [0, 0.1) is 23.7 Å². The summed E-state index contributed by atoms with van der Waals surface area (Å²) in [5.74, 6) is 2.58. The molecule has 3 aromatic rings. The van der Waals surface area contributed by atoms with Crippen molar-refractivity contribution < 1.29 is 10.0 Å². The highest BCUT2D eigenvalue weighted by Gasteiger charge is 2.57. The van der Waals surface area contributed by atoms with E-state index in [1.165, 1.54) is 59.6 Å². The first kappa shape index (κ1) is 20.8. The second-order valence-electron chi connectivity index (χ2n) is 10.6. The van der Waals surface area contributed by atoms with E-state index in [2.05, 4.69) is 56.3 Å². The Morgan fingerprint density at radius 2 is 1.84 bits per heavy atom. The molecule has 0 radical (unpaired) electrons. The van der Waals surface area contributed by atoms with Gasteiger partial charge in [0.1, 0.15) is 0 Å². The van der Waals surface area contributed by atoms with Gasteiger partial charge in [0.05, 0.1) is 0 Å². The molecule has 32 heavy (non-hydrogen) atoms. The molecule has 6 rings (SSSR count). The molecule has 1 spiro atoms. The normalized spacial score (nSPS) is 30.4. The zero-order chi connectivity index (χ0) is 22.2. The van der Waals surface area contributed by atoms with Gasteiger partial charge in [-0.1, -0.05) is 74.3 Å². The number of rotatable bonds is 2. The van der Waals surface area contributed by atoms with Gasteiger partial charge >= 0.3 is 7.12 Å². The van der Waals surface area contributed by atoms with E-state index >= 15 is 0 Å². The first-order valence-corrected chi connectivity index (χ1v) is 12.6. The average Bonchev–Trinajstić information content (AvgIpc) is 3.09. The molecule has 3 aliphatic carbocycles. The van der Waals surface area contributed by atoms with Gasteiger partial charge in [0.25, 0.3) is 0 Å². The molecule has 0 heterocycles. The number of hydrogen-bond acceptors (Lipinski definition) is 2. The third-order valence-corrected chi connectivity index (χ3v) is 9.35. The van der Waals surface area contributed by atoms with E-state index in [4.69, 9.17) is 11.6 Å². The summed E-state index contributed by atoms with van der Waals surface area (Å²) in [4.78, 5) is 0. The predicted molar refractivity (Wildman–Crippen MR) is 133 cm³/mol. The molecule has 0 aromatic heterocycles. The highest BCUT2D eigenvalue weighted by molar-refractivity contribution is 6.59. The molecule has 3 aromatic carbocycles. The molecule has 3 aliphatic rings. The minimum atomic E-state index is -1.52. The van der Waals surface area contributed by atoms with E-state index in [1.54, 1.807) is 6.07 Å². The molecule has 2 nitrogen and oxygen atoms in total. The van der Waals surface area contributed by atoms with Gasteiger partial charge in [-0.25, -0.2) is 0 Å². The van der Waals surface area contributed by atoms with Gasteiger partial charge in [0.2, 0.25) is 0 Å². The van der Waals surface area contributed by atoms with Crippen LogP contribution in [-0.4, -0.2) is 17.2 Å². The van der Waals surface area contributed by atoms with Gasteiger partial charge in [0.15, 0.2) is 0 Å². The van der Waals surface area contributed by atoms with Crippen molar-refractivity contribution in [2.24, 2.45) is 23.7 Å². The maximum absolute atomic E-state index is 10.1. The Balaban J connectivity index is 1.73. The maximum atomic E-state index is 10.1. The minimum Gasteiger partial charge on any atom is -0.423 e. The number of benzene rings is 3. The zero-order valence-electron chi connectivity index (χ0n) is 18.8. The molecule has 0 aliphatic heterocycles. The average molecular weight is 445 g/mol. The van der Waals surface area contributed by atoms with Crippen LogP contribution in [0.4, 0.5) is 0 Å². The molecule has 0 saturated heterocycles. The van der Waals surface area contributed by atoms with Crippen molar-refractivity contribution in [1.29, 1.82) is 0 Å². The van der Waals surface area contributed by atoms with Crippen LogP contribution in [0.5, 0.6) is 0 Å². The summed E-state index contributed by atoms with van der Waals surface area (Å²) in [5, 5.41) is 23.4. The van der Waals surface area contributed by atoms with Crippen LogP contribution in [0.1, 0.15) is 57.1 Å². The number of fused-ring (bicyclic) bond motifs is 10. The Morgan fingerprint density at radius 1 is 1.03 bits per heavy atom. The van der Waals surface area contributed by atoms with Crippen LogP contribution in [0.15, 0.2) is 48.5 Å². The summed E-state index contributed by atoms with van der Waals surface area (Å²) in [6.07, 6.45) is 6.32. The summed E-state index contributed by atoms with van der Waals surface area (Å²) in [6, 6.07) is 17.0. The van der Waals surface area contributed by atoms with Crippen LogP contribution in [0.25, 0.3) is 21.9 Å². The lowest BCUT2D eigenvalue weighted by atomic mass is 9.48. The fraction of sp³-hybridized carbons (Fsp3) is 0.429. The Hall–Kier alpha value is -1.81. The molecular weight excluding hydrogens is 415 g/mol.